The molecule has 0 radical (unpaired) electrons. The largest absolute Gasteiger partial charge is 0.347 e. The molecule has 1 saturated heterocycles. The highest BCUT2D eigenvalue weighted by Gasteiger charge is 2.57. The lowest BCUT2D eigenvalue weighted by molar-refractivity contribution is -0.0437. The van der Waals surface area contributed by atoms with E-state index in [2.05, 4.69) is 5.32 Å². The van der Waals surface area contributed by atoms with Gasteiger partial charge in [-0.3, -0.25) is 4.79 Å². The van der Waals surface area contributed by atoms with Gasteiger partial charge in [0, 0.05) is 42.5 Å². The summed E-state index contributed by atoms with van der Waals surface area (Å²) >= 11 is 12.3. The molecule has 1 aromatic heterocycles. The van der Waals surface area contributed by atoms with Crippen molar-refractivity contribution in [2.75, 3.05) is 13.1 Å². The van der Waals surface area contributed by atoms with E-state index in [1.807, 2.05) is 6.07 Å². The Hall–Kier alpha value is -1.32. The minimum absolute atomic E-state index is 0.0647. The van der Waals surface area contributed by atoms with Crippen molar-refractivity contribution in [3.63, 3.8) is 0 Å². The van der Waals surface area contributed by atoms with Gasteiger partial charge in [-0.05, 0) is 31.0 Å². The van der Waals surface area contributed by atoms with E-state index in [4.69, 9.17) is 28.3 Å². The summed E-state index contributed by atoms with van der Waals surface area (Å²) in [5.41, 5.74) is 1.10. The van der Waals surface area contributed by atoms with Crippen LogP contribution in [0.25, 0.3) is 10.9 Å². The highest BCUT2D eigenvalue weighted by atomic mass is 35.5. The fourth-order valence-corrected chi connectivity index (χ4v) is 5.19. The van der Waals surface area contributed by atoms with Gasteiger partial charge < -0.3 is 9.88 Å². The zero-order chi connectivity index (χ0) is 18.9. The van der Waals surface area contributed by atoms with Gasteiger partial charge in [0.1, 0.15) is 5.69 Å². The second kappa shape index (κ2) is 5.84. The van der Waals surface area contributed by atoms with E-state index < -0.39 is 10.2 Å². The highest BCUT2D eigenvalue weighted by molar-refractivity contribution is 7.86. The average molecular weight is 417 g/mol. The van der Waals surface area contributed by atoms with Crippen molar-refractivity contribution in [1.29, 1.82) is 0 Å². The number of carbonyl (C=O) groups excluding carboxylic acids is 1. The maximum absolute atomic E-state index is 12.8. The molecule has 1 amide bonds. The molecule has 26 heavy (non-hydrogen) atoms. The van der Waals surface area contributed by atoms with Crippen molar-refractivity contribution < 1.29 is 13.2 Å². The molecule has 0 bridgehead atoms. The molecule has 2 heterocycles. The molecular weight excluding hydrogens is 399 g/mol. The molecule has 2 aromatic rings. The Bertz CT molecular complexity index is 1030. The Morgan fingerprint density at radius 3 is 2.62 bits per heavy atom. The Morgan fingerprint density at radius 1 is 1.35 bits per heavy atom. The van der Waals surface area contributed by atoms with Gasteiger partial charge >= 0.3 is 0 Å². The van der Waals surface area contributed by atoms with Crippen LogP contribution in [0, 0.1) is 5.41 Å². The number of carbonyl (C=O) groups is 1. The van der Waals surface area contributed by atoms with Crippen LogP contribution in [-0.2, 0) is 17.3 Å². The van der Waals surface area contributed by atoms with Crippen molar-refractivity contribution in [2.24, 2.45) is 17.6 Å². The van der Waals surface area contributed by atoms with Crippen LogP contribution in [-0.4, -0.2) is 42.3 Å². The summed E-state index contributed by atoms with van der Waals surface area (Å²) in [6.45, 7) is 0.709. The maximum atomic E-state index is 12.8. The summed E-state index contributed by atoms with van der Waals surface area (Å²) in [4.78, 5) is 12.8. The van der Waals surface area contributed by atoms with E-state index in [0.717, 1.165) is 23.7 Å². The summed E-state index contributed by atoms with van der Waals surface area (Å²) in [5, 5.41) is 9.76. The third-order valence-electron chi connectivity index (χ3n) is 5.66. The van der Waals surface area contributed by atoms with Gasteiger partial charge in [-0.15, -0.1) is 0 Å². The van der Waals surface area contributed by atoms with E-state index in [-0.39, 0.29) is 17.4 Å². The van der Waals surface area contributed by atoms with Crippen LogP contribution >= 0.6 is 23.2 Å². The smallest absolute Gasteiger partial charge is 0.276 e. The van der Waals surface area contributed by atoms with Crippen molar-refractivity contribution in [1.82, 2.24) is 14.2 Å². The molecule has 2 fully saturated rings. The number of fused-ring (bicyclic) bond motifs is 1. The Balaban J connectivity index is 1.54. The van der Waals surface area contributed by atoms with E-state index in [1.54, 1.807) is 23.7 Å². The maximum Gasteiger partial charge on any atom is 0.276 e. The number of aryl methyl sites for hydroxylation is 1. The van der Waals surface area contributed by atoms with Crippen LogP contribution in [0.3, 0.4) is 0 Å². The molecule has 3 N–H and O–H groups in total. The molecular formula is C16H18Cl2N4O3S. The second-order valence-electron chi connectivity index (χ2n) is 7.12. The summed E-state index contributed by atoms with van der Waals surface area (Å²) < 4.78 is 25.8. The number of nitrogens with one attached hydrogen (secondary N) is 1. The van der Waals surface area contributed by atoms with Crippen LogP contribution in [0.15, 0.2) is 18.2 Å². The number of hydrogen-bond donors (Lipinski definition) is 2. The number of hydrogen-bond acceptors (Lipinski definition) is 3. The molecule has 1 aromatic carbocycles. The van der Waals surface area contributed by atoms with E-state index in [1.165, 1.54) is 4.31 Å². The molecule has 4 rings (SSSR count). The van der Waals surface area contributed by atoms with Gasteiger partial charge in [-0.1, -0.05) is 23.2 Å². The van der Waals surface area contributed by atoms with Gasteiger partial charge in [0.05, 0.1) is 10.0 Å². The number of halogens is 2. The number of amides is 1. The molecule has 10 heteroatoms. The SMILES string of the molecule is Cn1c(C(=O)NC2CCC23CN(S(N)(=O)=O)C3)cc2c(Cl)c(Cl)ccc21. The van der Waals surface area contributed by atoms with Gasteiger partial charge in [-0.2, -0.15) is 12.7 Å². The molecule has 7 nitrogen and oxygen atoms in total. The van der Waals surface area contributed by atoms with Crippen molar-refractivity contribution >= 4 is 50.2 Å². The number of nitrogens with two attached hydrogens (primary N) is 1. The molecule has 1 atom stereocenters. The highest BCUT2D eigenvalue weighted by Crippen LogP contribution is 2.49. The van der Waals surface area contributed by atoms with Gasteiger partial charge in [0.25, 0.3) is 16.1 Å². The molecule has 1 saturated carbocycles. The fraction of sp³-hybridized carbons (Fsp3) is 0.438. The van der Waals surface area contributed by atoms with Crippen LogP contribution < -0.4 is 10.5 Å². The number of benzene rings is 1. The average Bonchev–Trinajstić information content (AvgIpc) is 2.82. The van der Waals surface area contributed by atoms with Crippen molar-refractivity contribution in [2.45, 2.75) is 18.9 Å². The van der Waals surface area contributed by atoms with Crippen molar-refractivity contribution in [3.8, 4) is 0 Å². The fourth-order valence-electron chi connectivity index (χ4n) is 3.94. The Kier molecular flexibility index (Phi) is 4.06. The second-order valence-corrected chi connectivity index (χ2v) is 9.45. The first kappa shape index (κ1) is 18.1. The first-order valence-electron chi connectivity index (χ1n) is 8.14. The van der Waals surface area contributed by atoms with Crippen molar-refractivity contribution in [3.05, 3.63) is 33.9 Å². The van der Waals surface area contributed by atoms with E-state index >= 15 is 0 Å². The zero-order valence-corrected chi connectivity index (χ0v) is 16.3. The van der Waals surface area contributed by atoms with E-state index in [9.17, 15) is 13.2 Å². The summed E-state index contributed by atoms with van der Waals surface area (Å²) in [7, 11) is -1.87. The van der Waals surface area contributed by atoms with E-state index in [0.29, 0.717) is 28.8 Å². The third-order valence-corrected chi connectivity index (χ3v) is 7.46. The number of rotatable bonds is 3. The third kappa shape index (κ3) is 2.63. The normalized spacial score (nSPS) is 22.2. The standard InChI is InChI=1S/C16H18Cl2N4O3S/c1-21-11-3-2-10(17)14(18)9(11)6-12(21)15(23)20-13-4-5-16(13)7-22(8-16)26(19,24)25/h2-3,6,13H,4-5,7-8H2,1H3,(H,20,23)(H2,19,24,25). The number of aromatic nitrogens is 1. The van der Waals surface area contributed by atoms with Gasteiger partial charge in [0.15, 0.2) is 0 Å². The minimum Gasteiger partial charge on any atom is -0.347 e. The molecule has 140 valence electrons. The molecule has 1 aliphatic carbocycles. The predicted octanol–water partition coefficient (Wildman–Crippen LogP) is 1.88. The van der Waals surface area contributed by atoms with Crippen LogP contribution in [0.5, 0.6) is 0 Å². The molecule has 1 aliphatic heterocycles. The molecule has 1 spiro atoms. The van der Waals surface area contributed by atoms with Gasteiger partial charge in [-0.25, -0.2) is 5.14 Å². The lowest BCUT2D eigenvalue weighted by atomic mass is 9.60. The summed E-state index contributed by atoms with van der Waals surface area (Å²) in [6.07, 6.45) is 1.70. The first-order chi connectivity index (χ1) is 12.1. The van der Waals surface area contributed by atoms with Crippen LogP contribution in [0.2, 0.25) is 10.0 Å². The summed E-state index contributed by atoms with van der Waals surface area (Å²) in [6, 6.07) is 5.18. The summed E-state index contributed by atoms with van der Waals surface area (Å²) in [5.74, 6) is -0.214. The Labute approximate surface area is 161 Å². The zero-order valence-electron chi connectivity index (χ0n) is 14.0. The Morgan fingerprint density at radius 2 is 2.04 bits per heavy atom. The number of nitrogens with zero attached hydrogens (tertiary/aromatic N) is 2. The minimum atomic E-state index is -3.66. The lowest BCUT2D eigenvalue weighted by Crippen LogP contribution is -2.72. The quantitative estimate of drug-likeness (QED) is 0.798. The van der Waals surface area contributed by atoms with Crippen LogP contribution in [0.1, 0.15) is 23.3 Å². The topological polar surface area (TPSA) is 97.4 Å². The molecule has 1 unspecified atom stereocenters. The monoisotopic (exact) mass is 416 g/mol. The van der Waals surface area contributed by atoms with Gasteiger partial charge in [0.2, 0.25) is 0 Å². The lowest BCUT2D eigenvalue weighted by Gasteiger charge is -2.59. The first-order valence-corrected chi connectivity index (χ1v) is 10.4. The van der Waals surface area contributed by atoms with Crippen LogP contribution in [0.4, 0.5) is 0 Å². The predicted molar refractivity (Wildman–Crippen MR) is 101 cm³/mol. The molecule has 2 aliphatic rings.